The van der Waals surface area contributed by atoms with Gasteiger partial charge in [-0.15, -0.1) is 0 Å². The van der Waals surface area contributed by atoms with Crippen molar-refractivity contribution in [2.24, 2.45) is 5.73 Å². The predicted molar refractivity (Wildman–Crippen MR) is 123 cm³/mol. The van der Waals surface area contributed by atoms with Crippen LogP contribution in [-0.2, 0) is 19.3 Å². The second-order valence-corrected chi connectivity index (χ2v) is 7.40. The van der Waals surface area contributed by atoms with E-state index in [1.807, 2.05) is 48.0 Å². The molecule has 162 valence electrons. The Balaban J connectivity index is 1.63. The number of nitrogens with zero attached hydrogens (tertiary/aromatic N) is 5. The molecule has 0 bridgehead atoms. The van der Waals surface area contributed by atoms with E-state index in [4.69, 9.17) is 11.5 Å². The van der Waals surface area contributed by atoms with Crippen molar-refractivity contribution in [1.82, 2.24) is 24.5 Å². The molecule has 3 heterocycles. The summed E-state index contributed by atoms with van der Waals surface area (Å²) in [6, 6.07) is 9.77. The van der Waals surface area contributed by atoms with Gasteiger partial charge >= 0.3 is 0 Å². The molecule has 0 unspecified atom stereocenters. The fraction of sp³-hybridized carbons (Fsp3) is 0.208. The number of nitrogens with two attached hydrogens (primary N) is 2. The van der Waals surface area contributed by atoms with E-state index in [-0.39, 0.29) is 23.7 Å². The molecule has 0 fully saturated rings. The highest BCUT2D eigenvalue weighted by molar-refractivity contribution is 6.00. The Bertz CT molecular complexity index is 1230. The van der Waals surface area contributed by atoms with Gasteiger partial charge in [0.05, 0.1) is 17.6 Å². The number of aryl methyl sites for hydroxylation is 1. The molecule has 0 aliphatic rings. The Labute approximate surface area is 186 Å². The molecular formula is C24H25N7O. The van der Waals surface area contributed by atoms with Crippen LogP contribution in [0.1, 0.15) is 34.4 Å². The zero-order valence-electron chi connectivity index (χ0n) is 17.9. The van der Waals surface area contributed by atoms with Gasteiger partial charge < -0.3 is 16.0 Å². The molecule has 4 N–H and O–H groups in total. The zero-order valence-corrected chi connectivity index (χ0v) is 17.9. The van der Waals surface area contributed by atoms with Crippen molar-refractivity contribution >= 4 is 11.6 Å². The highest BCUT2D eigenvalue weighted by Gasteiger charge is 2.18. The Morgan fingerprint density at radius 1 is 1.06 bits per heavy atom. The van der Waals surface area contributed by atoms with Gasteiger partial charge in [-0.25, -0.2) is 15.0 Å². The maximum Gasteiger partial charge on any atom is 0.189 e. The summed E-state index contributed by atoms with van der Waals surface area (Å²) >= 11 is 0. The van der Waals surface area contributed by atoms with Crippen LogP contribution in [0.15, 0.2) is 61.3 Å². The van der Waals surface area contributed by atoms with Crippen LogP contribution >= 0.6 is 0 Å². The number of anilines is 1. The van der Waals surface area contributed by atoms with Crippen molar-refractivity contribution in [3.8, 4) is 16.9 Å². The van der Waals surface area contributed by atoms with Crippen LogP contribution in [-0.4, -0.2) is 36.8 Å². The molecule has 0 saturated heterocycles. The molecule has 0 aliphatic carbocycles. The molecule has 0 amide bonds. The second-order valence-electron chi connectivity index (χ2n) is 7.40. The first-order valence-corrected chi connectivity index (χ1v) is 10.5. The summed E-state index contributed by atoms with van der Waals surface area (Å²) in [6.07, 6.45) is 10.3. The Morgan fingerprint density at radius 2 is 1.88 bits per heavy atom. The van der Waals surface area contributed by atoms with E-state index in [1.54, 1.807) is 24.8 Å². The van der Waals surface area contributed by atoms with E-state index in [1.165, 1.54) is 0 Å². The molecule has 8 heteroatoms. The molecule has 0 radical (unpaired) electrons. The minimum absolute atomic E-state index is 0.0995. The number of rotatable bonds is 8. The minimum atomic E-state index is -0.219. The Kier molecular flexibility index (Phi) is 6.32. The van der Waals surface area contributed by atoms with Crippen LogP contribution in [0, 0.1) is 0 Å². The lowest BCUT2D eigenvalue weighted by Gasteiger charge is -2.12. The van der Waals surface area contributed by atoms with Gasteiger partial charge in [0.15, 0.2) is 11.6 Å². The van der Waals surface area contributed by atoms with Crippen molar-refractivity contribution in [3.05, 3.63) is 84.0 Å². The second kappa shape index (κ2) is 9.49. The van der Waals surface area contributed by atoms with Crippen LogP contribution in [0.2, 0.25) is 0 Å². The standard InChI is InChI=1S/C24H25N7O/c1-2-22-28-11-12-31(22)20-8-10-27-14-18(20)13-21(32)23-24(26)29-15-19(30-23)17-5-3-16(4-6-17)7-9-25/h3-6,8,10-12,14-15H,2,7,9,13,25H2,1H3,(H2,26,29). The van der Waals surface area contributed by atoms with Crippen molar-refractivity contribution in [2.75, 3.05) is 12.3 Å². The number of Topliss-reactive ketones (excluding diaryl/α,β-unsaturated/α-hetero) is 1. The van der Waals surface area contributed by atoms with Gasteiger partial charge in [-0.05, 0) is 24.6 Å². The number of hydrogen-bond acceptors (Lipinski definition) is 7. The van der Waals surface area contributed by atoms with Crippen molar-refractivity contribution in [2.45, 2.75) is 26.2 Å². The molecule has 32 heavy (non-hydrogen) atoms. The molecule has 0 spiro atoms. The summed E-state index contributed by atoms with van der Waals surface area (Å²) in [5.74, 6) is 0.800. The van der Waals surface area contributed by atoms with Crippen LogP contribution in [0.25, 0.3) is 16.9 Å². The molecule has 4 aromatic rings. The zero-order chi connectivity index (χ0) is 22.5. The van der Waals surface area contributed by atoms with E-state index >= 15 is 0 Å². The topological polar surface area (TPSA) is 126 Å². The van der Waals surface area contributed by atoms with Crippen LogP contribution < -0.4 is 11.5 Å². The van der Waals surface area contributed by atoms with Gasteiger partial charge in [0.25, 0.3) is 0 Å². The Hall–Kier alpha value is -3.91. The number of aromatic nitrogens is 5. The summed E-state index contributed by atoms with van der Waals surface area (Å²) < 4.78 is 1.97. The first-order chi connectivity index (χ1) is 15.6. The average molecular weight is 428 g/mol. The van der Waals surface area contributed by atoms with Crippen LogP contribution in [0.4, 0.5) is 5.82 Å². The van der Waals surface area contributed by atoms with Crippen molar-refractivity contribution < 1.29 is 4.79 Å². The highest BCUT2D eigenvalue weighted by atomic mass is 16.1. The largest absolute Gasteiger partial charge is 0.382 e. The summed E-state index contributed by atoms with van der Waals surface area (Å²) in [5, 5.41) is 0. The minimum Gasteiger partial charge on any atom is -0.382 e. The Morgan fingerprint density at radius 3 is 2.62 bits per heavy atom. The number of pyridine rings is 1. The number of nitrogen functional groups attached to an aromatic ring is 1. The molecule has 8 nitrogen and oxygen atoms in total. The van der Waals surface area contributed by atoms with E-state index in [2.05, 4.69) is 19.9 Å². The maximum atomic E-state index is 13.2. The number of ketones is 1. The van der Waals surface area contributed by atoms with Gasteiger partial charge in [-0.2, -0.15) is 0 Å². The van der Waals surface area contributed by atoms with E-state index in [0.717, 1.165) is 41.0 Å². The normalized spacial score (nSPS) is 10.9. The first kappa shape index (κ1) is 21.3. The number of hydrogen-bond donors (Lipinski definition) is 2. The molecule has 3 aromatic heterocycles. The fourth-order valence-corrected chi connectivity index (χ4v) is 3.61. The van der Waals surface area contributed by atoms with Crippen LogP contribution in [0.5, 0.6) is 0 Å². The number of carbonyl (C=O) groups is 1. The van der Waals surface area contributed by atoms with Gasteiger partial charge in [0.2, 0.25) is 0 Å². The van der Waals surface area contributed by atoms with E-state index in [0.29, 0.717) is 12.2 Å². The average Bonchev–Trinajstić information content (AvgIpc) is 3.29. The highest BCUT2D eigenvalue weighted by Crippen LogP contribution is 2.22. The third kappa shape index (κ3) is 4.40. The summed E-state index contributed by atoms with van der Waals surface area (Å²) in [6.45, 7) is 2.63. The molecule has 0 atom stereocenters. The molecule has 4 rings (SSSR count). The maximum absolute atomic E-state index is 13.2. The van der Waals surface area contributed by atoms with E-state index < -0.39 is 0 Å². The van der Waals surface area contributed by atoms with E-state index in [9.17, 15) is 4.79 Å². The third-order valence-electron chi connectivity index (χ3n) is 5.27. The first-order valence-electron chi connectivity index (χ1n) is 10.5. The summed E-state index contributed by atoms with van der Waals surface area (Å²) in [7, 11) is 0. The van der Waals surface area contributed by atoms with Gasteiger partial charge in [-0.3, -0.25) is 9.78 Å². The van der Waals surface area contributed by atoms with Crippen molar-refractivity contribution in [1.29, 1.82) is 0 Å². The summed E-state index contributed by atoms with van der Waals surface area (Å²) in [4.78, 5) is 30.5. The number of benzene rings is 1. The predicted octanol–water partition coefficient (Wildman–Crippen LogP) is 2.80. The summed E-state index contributed by atoms with van der Waals surface area (Å²) in [5.41, 5.74) is 16.0. The number of imidazole rings is 1. The lowest BCUT2D eigenvalue weighted by atomic mass is 10.1. The molecular weight excluding hydrogens is 402 g/mol. The molecule has 0 aliphatic heterocycles. The SMILES string of the molecule is CCc1nccn1-c1ccncc1CC(=O)c1nc(-c2ccc(CCN)cc2)cnc1N. The quantitative estimate of drug-likeness (QED) is 0.414. The fourth-order valence-electron chi connectivity index (χ4n) is 3.61. The van der Waals surface area contributed by atoms with Crippen molar-refractivity contribution in [3.63, 3.8) is 0 Å². The number of carbonyl (C=O) groups excluding carboxylic acids is 1. The smallest absolute Gasteiger partial charge is 0.189 e. The lowest BCUT2D eigenvalue weighted by Crippen LogP contribution is -2.14. The monoisotopic (exact) mass is 427 g/mol. The van der Waals surface area contributed by atoms with Gasteiger partial charge in [-0.1, -0.05) is 31.2 Å². The van der Waals surface area contributed by atoms with Gasteiger partial charge in [0, 0.05) is 48.8 Å². The third-order valence-corrected chi connectivity index (χ3v) is 5.27. The molecule has 0 saturated carbocycles. The lowest BCUT2D eigenvalue weighted by molar-refractivity contribution is 0.0989. The van der Waals surface area contributed by atoms with Crippen LogP contribution in [0.3, 0.4) is 0 Å². The van der Waals surface area contributed by atoms with Gasteiger partial charge in [0.1, 0.15) is 11.5 Å². The molecule has 1 aromatic carbocycles.